The Morgan fingerprint density at radius 1 is 0.842 bits per heavy atom. The zero-order valence-corrected chi connectivity index (χ0v) is 20.8. The molecule has 3 heterocycles. The number of hydrogen-bond acceptors (Lipinski definition) is 11. The summed E-state index contributed by atoms with van der Waals surface area (Å²) in [5, 5.41) is 32.2. The van der Waals surface area contributed by atoms with E-state index in [0.29, 0.717) is 50.5 Å². The predicted molar refractivity (Wildman–Crippen MR) is 131 cm³/mol. The average Bonchev–Trinajstić information content (AvgIpc) is 3.55. The van der Waals surface area contributed by atoms with Crippen LogP contribution >= 0.6 is 0 Å². The summed E-state index contributed by atoms with van der Waals surface area (Å²) in [6.45, 7) is 1.57. The van der Waals surface area contributed by atoms with Crippen LogP contribution in [0.25, 0.3) is 21.9 Å². The van der Waals surface area contributed by atoms with Crippen molar-refractivity contribution in [2.45, 2.75) is 44.2 Å². The lowest BCUT2D eigenvalue weighted by atomic mass is 9.89. The first-order valence-electron chi connectivity index (χ1n) is 12.0. The number of methoxy groups -OCH3 is 2. The smallest absolute Gasteiger partial charge is 0.339 e. The number of carbonyl (C=O) groups excluding carboxylic acids is 1. The van der Waals surface area contributed by atoms with Gasteiger partial charge in [-0.2, -0.15) is 0 Å². The van der Waals surface area contributed by atoms with Crippen molar-refractivity contribution in [2.24, 2.45) is 0 Å². The highest BCUT2D eigenvalue weighted by atomic mass is 16.7. The lowest BCUT2D eigenvalue weighted by molar-refractivity contribution is -0.268. The molecule has 0 spiro atoms. The van der Waals surface area contributed by atoms with Crippen LogP contribution < -0.4 is 23.7 Å². The van der Waals surface area contributed by atoms with E-state index in [-0.39, 0.29) is 24.7 Å². The Labute approximate surface area is 217 Å². The predicted octanol–water partition coefficient (Wildman–Crippen LogP) is 2.13. The first-order chi connectivity index (χ1) is 18.3. The molecule has 1 fully saturated rings. The minimum absolute atomic E-state index is 0.0884. The summed E-state index contributed by atoms with van der Waals surface area (Å²) in [5.74, 6) is 1.61. The molecule has 0 aromatic heterocycles. The Hall–Kier alpha value is -3.77. The van der Waals surface area contributed by atoms with E-state index in [1.807, 2.05) is 6.07 Å². The Kier molecular flexibility index (Phi) is 5.95. The first kappa shape index (κ1) is 24.6. The summed E-state index contributed by atoms with van der Waals surface area (Å²) < 4.78 is 39.4. The molecule has 0 aliphatic carbocycles. The van der Waals surface area contributed by atoms with Crippen molar-refractivity contribution in [1.29, 1.82) is 0 Å². The van der Waals surface area contributed by atoms with Gasteiger partial charge in [0.15, 0.2) is 23.0 Å². The molecule has 3 aliphatic heterocycles. The number of benzene rings is 3. The van der Waals surface area contributed by atoms with Crippen molar-refractivity contribution in [3.05, 3.63) is 41.5 Å². The van der Waals surface area contributed by atoms with Crippen LogP contribution in [0.3, 0.4) is 0 Å². The second kappa shape index (κ2) is 9.21. The highest BCUT2D eigenvalue weighted by Gasteiger charge is 2.44. The lowest BCUT2D eigenvalue weighted by Crippen LogP contribution is -2.58. The summed E-state index contributed by atoms with van der Waals surface area (Å²) in [6, 6.07) is 8.80. The molecule has 3 N–H and O–H groups in total. The van der Waals surface area contributed by atoms with E-state index in [4.69, 9.17) is 33.2 Å². The Bertz CT molecular complexity index is 1430. The monoisotopic (exact) mass is 526 g/mol. The molecule has 11 heteroatoms. The number of esters is 1. The highest BCUT2D eigenvalue weighted by molar-refractivity contribution is 6.14. The molecular formula is C27H26O11. The van der Waals surface area contributed by atoms with Gasteiger partial charge in [-0.1, -0.05) is 6.07 Å². The van der Waals surface area contributed by atoms with E-state index in [1.165, 1.54) is 14.2 Å². The van der Waals surface area contributed by atoms with Gasteiger partial charge in [0.25, 0.3) is 0 Å². The molecule has 3 aliphatic rings. The number of hydrogen-bond donors (Lipinski definition) is 3. The maximum Gasteiger partial charge on any atom is 0.339 e. The second-order valence-electron chi connectivity index (χ2n) is 9.25. The molecule has 0 radical (unpaired) electrons. The standard InChI is InChI=1S/C27H26O11/c1-11-22(28)23(29)24(30)27(37-11)38-25-14-8-18(33-3)17(32-2)7-13(14)20(21-15(25)9-34-26(21)31)12-4-5-16-19(6-12)36-10-35-16/h4-8,11,22-24,27-30H,9-10H2,1-3H3/t11-,22-,23+,24-,27?/m1/s1. The molecule has 3 aromatic rings. The minimum Gasteiger partial charge on any atom is -0.493 e. The third-order valence-electron chi connectivity index (χ3n) is 7.12. The van der Waals surface area contributed by atoms with Gasteiger partial charge in [0.05, 0.1) is 25.9 Å². The molecule has 0 saturated carbocycles. The van der Waals surface area contributed by atoms with Gasteiger partial charge in [0.2, 0.25) is 13.1 Å². The van der Waals surface area contributed by atoms with E-state index in [1.54, 1.807) is 31.2 Å². The van der Waals surface area contributed by atoms with Gasteiger partial charge in [-0.25, -0.2) is 4.79 Å². The molecule has 5 atom stereocenters. The van der Waals surface area contributed by atoms with Gasteiger partial charge < -0.3 is 48.5 Å². The number of aliphatic hydroxyl groups is 3. The fourth-order valence-electron chi connectivity index (χ4n) is 5.12. The summed E-state index contributed by atoms with van der Waals surface area (Å²) in [6.07, 6.45) is -6.51. The minimum atomic E-state index is -1.56. The van der Waals surface area contributed by atoms with Crippen LogP contribution in [0, 0.1) is 0 Å². The number of rotatable bonds is 5. The fraction of sp³-hybridized carbons (Fsp3) is 0.370. The normalized spacial score (nSPS) is 25.7. The van der Waals surface area contributed by atoms with E-state index in [9.17, 15) is 20.1 Å². The number of aliphatic hydroxyl groups excluding tert-OH is 3. The molecule has 0 amide bonds. The molecule has 0 bridgehead atoms. The van der Waals surface area contributed by atoms with Crippen LogP contribution in [0.2, 0.25) is 0 Å². The summed E-state index contributed by atoms with van der Waals surface area (Å²) in [5.41, 5.74) is 1.95. The van der Waals surface area contributed by atoms with E-state index < -0.39 is 36.7 Å². The van der Waals surface area contributed by atoms with Crippen molar-refractivity contribution in [2.75, 3.05) is 21.0 Å². The SMILES string of the molecule is COc1cc2c(OC3O[C@H](C)[C@@H](O)[C@H](O)[C@H]3O)c3c(c(-c4ccc5c(c4)OCO5)c2cc1OC)C(=O)OC3. The van der Waals surface area contributed by atoms with Gasteiger partial charge in [-0.3, -0.25) is 0 Å². The van der Waals surface area contributed by atoms with Gasteiger partial charge in [-0.15, -0.1) is 0 Å². The van der Waals surface area contributed by atoms with Gasteiger partial charge in [0.1, 0.15) is 30.7 Å². The van der Waals surface area contributed by atoms with Crippen molar-refractivity contribution in [3.63, 3.8) is 0 Å². The largest absolute Gasteiger partial charge is 0.493 e. The van der Waals surface area contributed by atoms with Gasteiger partial charge >= 0.3 is 5.97 Å². The first-order valence-corrected chi connectivity index (χ1v) is 12.0. The molecule has 6 rings (SSSR count). The zero-order chi connectivity index (χ0) is 26.7. The Morgan fingerprint density at radius 2 is 1.55 bits per heavy atom. The van der Waals surface area contributed by atoms with Crippen molar-refractivity contribution < 1.29 is 53.3 Å². The molecule has 11 nitrogen and oxygen atoms in total. The molecule has 200 valence electrons. The summed E-state index contributed by atoms with van der Waals surface area (Å²) in [4.78, 5) is 13.1. The maximum atomic E-state index is 13.1. The number of fused-ring (bicyclic) bond motifs is 3. The third kappa shape index (κ3) is 3.70. The number of ether oxygens (including phenoxy) is 7. The summed E-state index contributed by atoms with van der Waals surface area (Å²) >= 11 is 0. The molecule has 38 heavy (non-hydrogen) atoms. The molecule has 1 saturated heterocycles. The Morgan fingerprint density at radius 3 is 2.29 bits per heavy atom. The van der Waals surface area contributed by atoms with Crippen LogP contribution in [0.5, 0.6) is 28.7 Å². The third-order valence-corrected chi connectivity index (χ3v) is 7.12. The van der Waals surface area contributed by atoms with Crippen molar-refractivity contribution in [3.8, 4) is 39.9 Å². The van der Waals surface area contributed by atoms with Crippen LogP contribution in [-0.4, -0.2) is 73.0 Å². The zero-order valence-electron chi connectivity index (χ0n) is 20.8. The van der Waals surface area contributed by atoms with Crippen molar-refractivity contribution >= 4 is 16.7 Å². The Balaban J connectivity index is 1.61. The molecular weight excluding hydrogens is 500 g/mol. The average molecular weight is 526 g/mol. The van der Waals surface area contributed by atoms with Crippen LogP contribution in [0.15, 0.2) is 30.3 Å². The van der Waals surface area contributed by atoms with E-state index in [0.717, 1.165) is 0 Å². The van der Waals surface area contributed by atoms with Crippen LogP contribution in [0.4, 0.5) is 0 Å². The van der Waals surface area contributed by atoms with Crippen LogP contribution in [-0.2, 0) is 16.1 Å². The van der Waals surface area contributed by atoms with Gasteiger partial charge in [-0.05, 0) is 42.1 Å². The second-order valence-corrected chi connectivity index (χ2v) is 9.25. The molecule has 1 unspecified atom stereocenters. The van der Waals surface area contributed by atoms with E-state index >= 15 is 0 Å². The van der Waals surface area contributed by atoms with Crippen molar-refractivity contribution in [1.82, 2.24) is 0 Å². The highest BCUT2D eigenvalue weighted by Crippen LogP contribution is 2.49. The van der Waals surface area contributed by atoms with E-state index in [2.05, 4.69) is 0 Å². The maximum absolute atomic E-state index is 13.1. The molecule has 3 aromatic carbocycles. The summed E-state index contributed by atoms with van der Waals surface area (Å²) in [7, 11) is 3.00. The topological polar surface area (TPSA) is 142 Å². The van der Waals surface area contributed by atoms with Gasteiger partial charge in [0, 0.05) is 16.5 Å². The fourth-order valence-corrected chi connectivity index (χ4v) is 5.12. The quantitative estimate of drug-likeness (QED) is 0.421. The van der Waals surface area contributed by atoms with Crippen LogP contribution in [0.1, 0.15) is 22.8 Å². The lowest BCUT2D eigenvalue weighted by Gasteiger charge is -2.39. The number of cyclic esters (lactones) is 1. The number of carbonyl (C=O) groups is 1.